The summed E-state index contributed by atoms with van der Waals surface area (Å²) in [7, 11) is 1.25. The summed E-state index contributed by atoms with van der Waals surface area (Å²) in [5.74, 6) is 1.08. The van der Waals surface area contributed by atoms with Gasteiger partial charge in [-0.2, -0.15) is 4.31 Å². The Kier molecular flexibility index (Phi) is 8.47. The van der Waals surface area contributed by atoms with Gasteiger partial charge in [-0.15, -0.1) is 0 Å². The van der Waals surface area contributed by atoms with Crippen molar-refractivity contribution < 1.29 is 22.7 Å². The lowest BCUT2D eigenvalue weighted by molar-refractivity contribution is 0.0795. The van der Waals surface area contributed by atoms with Gasteiger partial charge in [-0.05, 0) is 48.7 Å². The van der Waals surface area contributed by atoms with Crippen LogP contribution in [-0.4, -0.2) is 64.4 Å². The highest BCUT2D eigenvalue weighted by molar-refractivity contribution is 7.89. The van der Waals surface area contributed by atoms with Crippen molar-refractivity contribution in [3.8, 4) is 11.5 Å². The van der Waals surface area contributed by atoms with Gasteiger partial charge in [0.15, 0.2) is 11.5 Å². The van der Waals surface area contributed by atoms with E-state index >= 15 is 0 Å². The van der Waals surface area contributed by atoms with Crippen LogP contribution in [0.1, 0.15) is 35.3 Å². The van der Waals surface area contributed by atoms with Gasteiger partial charge in [0.2, 0.25) is 10.0 Å². The molecule has 0 atom stereocenters. The number of likely N-dealkylation sites (N-methyl/N-ethyl adjacent to an activating group) is 1. The molecule has 7 nitrogen and oxygen atoms in total. The number of nitrogens with zero attached hydrogens (tertiary/aromatic N) is 2. The molecule has 8 heteroatoms. The zero-order valence-corrected chi connectivity index (χ0v) is 20.0. The van der Waals surface area contributed by atoms with E-state index in [1.165, 1.54) is 10.4 Å². The summed E-state index contributed by atoms with van der Waals surface area (Å²) in [5.41, 5.74) is 2.14. The summed E-state index contributed by atoms with van der Waals surface area (Å²) in [6.07, 6.45) is 0.624. The van der Waals surface area contributed by atoms with E-state index in [1.807, 2.05) is 25.1 Å². The van der Waals surface area contributed by atoms with Crippen LogP contribution in [0.5, 0.6) is 11.5 Å². The first kappa shape index (κ1) is 24.7. The first-order chi connectivity index (χ1) is 14.7. The number of methoxy groups -OCH3 is 2. The molecule has 0 unspecified atom stereocenters. The van der Waals surface area contributed by atoms with Crippen LogP contribution in [0.25, 0.3) is 0 Å². The summed E-state index contributed by atoms with van der Waals surface area (Å²) in [6.45, 7) is 6.62. The van der Waals surface area contributed by atoms with E-state index in [0.717, 1.165) is 11.1 Å². The van der Waals surface area contributed by atoms with E-state index in [-0.39, 0.29) is 10.8 Å². The standard InChI is InChI=1S/C23H32N2O5S/c1-7-25(8-2)31(27,28)19-11-9-17(3)20(16-19)23(26)24(4)14-13-18-10-12-21(29-5)22(15-18)30-6/h9-12,15-16H,7-8,13-14H2,1-6H3. The second kappa shape index (κ2) is 10.6. The Balaban J connectivity index is 2.21. The molecule has 0 N–H and O–H groups in total. The van der Waals surface area contributed by atoms with Crippen molar-refractivity contribution in [2.45, 2.75) is 32.1 Å². The van der Waals surface area contributed by atoms with Gasteiger partial charge in [0.25, 0.3) is 5.91 Å². The molecule has 2 aromatic carbocycles. The maximum absolute atomic E-state index is 13.1. The Morgan fingerprint density at radius 1 is 0.968 bits per heavy atom. The molecule has 0 aliphatic heterocycles. The minimum Gasteiger partial charge on any atom is -0.493 e. The van der Waals surface area contributed by atoms with Crippen LogP contribution in [0.3, 0.4) is 0 Å². The maximum Gasteiger partial charge on any atom is 0.253 e. The van der Waals surface area contributed by atoms with Crippen molar-refractivity contribution in [3.63, 3.8) is 0 Å². The maximum atomic E-state index is 13.1. The molecule has 0 radical (unpaired) electrons. The third-order valence-electron chi connectivity index (χ3n) is 5.31. The van der Waals surface area contributed by atoms with Gasteiger partial charge >= 0.3 is 0 Å². The summed E-state index contributed by atoms with van der Waals surface area (Å²) >= 11 is 0. The van der Waals surface area contributed by atoms with Gasteiger partial charge in [-0.1, -0.05) is 26.0 Å². The zero-order chi connectivity index (χ0) is 23.2. The van der Waals surface area contributed by atoms with Crippen LogP contribution in [0.15, 0.2) is 41.3 Å². The van der Waals surface area contributed by atoms with Gasteiger partial charge in [0.1, 0.15) is 0 Å². The van der Waals surface area contributed by atoms with Crippen molar-refractivity contribution in [2.75, 3.05) is 40.9 Å². The van der Waals surface area contributed by atoms with E-state index in [9.17, 15) is 13.2 Å². The van der Waals surface area contributed by atoms with E-state index in [1.54, 1.807) is 52.1 Å². The van der Waals surface area contributed by atoms with Gasteiger partial charge in [0.05, 0.1) is 19.1 Å². The van der Waals surface area contributed by atoms with E-state index in [2.05, 4.69) is 0 Å². The van der Waals surface area contributed by atoms with Crippen molar-refractivity contribution >= 4 is 15.9 Å². The number of aryl methyl sites for hydroxylation is 1. The quantitative estimate of drug-likeness (QED) is 0.557. The van der Waals surface area contributed by atoms with E-state index < -0.39 is 10.0 Å². The lowest BCUT2D eigenvalue weighted by atomic mass is 10.1. The smallest absolute Gasteiger partial charge is 0.253 e. The number of benzene rings is 2. The molecule has 0 saturated heterocycles. The number of carbonyl (C=O) groups excluding carboxylic acids is 1. The van der Waals surface area contributed by atoms with Crippen LogP contribution in [0.2, 0.25) is 0 Å². The molecule has 1 amide bonds. The average molecular weight is 449 g/mol. The van der Waals surface area contributed by atoms with Gasteiger partial charge in [-0.3, -0.25) is 4.79 Å². The molecule has 0 fully saturated rings. The lowest BCUT2D eigenvalue weighted by Gasteiger charge is -2.21. The van der Waals surface area contributed by atoms with Crippen LogP contribution < -0.4 is 9.47 Å². The van der Waals surface area contributed by atoms with Crippen molar-refractivity contribution in [2.24, 2.45) is 0 Å². The first-order valence-electron chi connectivity index (χ1n) is 10.3. The van der Waals surface area contributed by atoms with E-state index in [0.29, 0.717) is 43.1 Å². The molecule has 0 aliphatic rings. The number of hydrogen-bond acceptors (Lipinski definition) is 5. The highest BCUT2D eigenvalue weighted by Crippen LogP contribution is 2.28. The van der Waals surface area contributed by atoms with Crippen LogP contribution >= 0.6 is 0 Å². The highest BCUT2D eigenvalue weighted by Gasteiger charge is 2.24. The van der Waals surface area contributed by atoms with Gasteiger partial charge < -0.3 is 14.4 Å². The predicted molar refractivity (Wildman–Crippen MR) is 121 cm³/mol. The highest BCUT2D eigenvalue weighted by atomic mass is 32.2. The summed E-state index contributed by atoms with van der Waals surface area (Å²) in [4.78, 5) is 14.8. The average Bonchev–Trinajstić information content (AvgIpc) is 2.77. The van der Waals surface area contributed by atoms with Crippen molar-refractivity contribution in [1.29, 1.82) is 0 Å². The normalized spacial score (nSPS) is 11.5. The molecule has 0 bridgehead atoms. The minimum absolute atomic E-state index is 0.137. The molecule has 0 spiro atoms. The Bertz CT molecular complexity index is 1020. The number of hydrogen-bond donors (Lipinski definition) is 0. The second-order valence-corrected chi connectivity index (χ2v) is 9.17. The second-order valence-electron chi connectivity index (χ2n) is 7.23. The largest absolute Gasteiger partial charge is 0.493 e. The Labute approximate surface area is 185 Å². The third kappa shape index (κ3) is 5.57. The SMILES string of the molecule is CCN(CC)S(=O)(=O)c1ccc(C)c(C(=O)N(C)CCc2ccc(OC)c(OC)c2)c1. The topological polar surface area (TPSA) is 76.2 Å². The minimum atomic E-state index is -3.63. The fourth-order valence-electron chi connectivity index (χ4n) is 3.34. The zero-order valence-electron chi connectivity index (χ0n) is 19.1. The first-order valence-corrected chi connectivity index (χ1v) is 11.7. The molecular formula is C23H32N2O5S. The monoisotopic (exact) mass is 448 g/mol. The number of rotatable bonds is 10. The molecule has 2 rings (SSSR count). The molecule has 0 aliphatic carbocycles. The lowest BCUT2D eigenvalue weighted by Crippen LogP contribution is -2.32. The molecule has 0 heterocycles. The van der Waals surface area contributed by atoms with E-state index in [4.69, 9.17) is 9.47 Å². The summed E-state index contributed by atoms with van der Waals surface area (Å²) in [5, 5.41) is 0. The molecule has 0 aromatic heterocycles. The fraction of sp³-hybridized carbons (Fsp3) is 0.435. The van der Waals surface area contributed by atoms with Crippen LogP contribution in [0, 0.1) is 6.92 Å². The predicted octanol–water partition coefficient (Wildman–Crippen LogP) is 3.36. The third-order valence-corrected chi connectivity index (χ3v) is 7.36. The molecule has 0 saturated carbocycles. The van der Waals surface area contributed by atoms with Crippen LogP contribution in [0.4, 0.5) is 0 Å². The van der Waals surface area contributed by atoms with Gasteiger partial charge in [-0.25, -0.2) is 8.42 Å². The van der Waals surface area contributed by atoms with Crippen molar-refractivity contribution in [1.82, 2.24) is 9.21 Å². The Morgan fingerprint density at radius 3 is 2.19 bits per heavy atom. The number of ether oxygens (including phenoxy) is 2. The van der Waals surface area contributed by atoms with Gasteiger partial charge in [0, 0.05) is 32.2 Å². The Hall–Kier alpha value is -2.58. The number of sulfonamides is 1. The molecule has 2 aromatic rings. The fourth-order valence-corrected chi connectivity index (χ4v) is 4.83. The summed E-state index contributed by atoms with van der Waals surface area (Å²) in [6, 6.07) is 10.4. The Morgan fingerprint density at radius 2 is 1.61 bits per heavy atom. The number of amides is 1. The number of carbonyl (C=O) groups is 1. The van der Waals surface area contributed by atoms with Crippen LogP contribution in [-0.2, 0) is 16.4 Å². The molecular weight excluding hydrogens is 416 g/mol. The summed E-state index contributed by atoms with van der Waals surface area (Å²) < 4.78 is 37.7. The van der Waals surface area contributed by atoms with Crippen molar-refractivity contribution in [3.05, 3.63) is 53.1 Å². The molecule has 31 heavy (non-hydrogen) atoms. The molecule has 170 valence electrons.